The number of carbonyl (C=O) groups is 1. The Morgan fingerprint density at radius 3 is 2.86 bits per heavy atom. The molecule has 0 spiro atoms. The Hall–Kier alpha value is -1.56. The Balaban J connectivity index is 1.78. The third kappa shape index (κ3) is 5.67. The van der Waals surface area contributed by atoms with Crippen molar-refractivity contribution in [3.63, 3.8) is 0 Å². The quantitative estimate of drug-likeness (QED) is 0.781. The van der Waals surface area contributed by atoms with Gasteiger partial charge in [-0.1, -0.05) is 12.8 Å². The molecule has 0 saturated heterocycles. The topological polar surface area (TPSA) is 79.0 Å². The second-order valence-corrected chi connectivity index (χ2v) is 7.00. The van der Waals surface area contributed by atoms with Crippen LogP contribution in [-0.4, -0.2) is 34.5 Å². The molecular weight excluding hydrogens is 280 g/mol. The zero-order chi connectivity index (χ0) is 16.0. The van der Waals surface area contributed by atoms with E-state index in [9.17, 15) is 4.79 Å². The fourth-order valence-electron chi connectivity index (χ4n) is 2.87. The number of hydrogen-bond donors (Lipinski definition) is 3. The molecule has 1 fully saturated rings. The highest BCUT2D eigenvalue weighted by atomic mass is 16.6. The SMILES string of the molecule is CC(C)(C)OC(=O)NCC1CCCCC1NCc1ccn[nH]1. The van der Waals surface area contributed by atoms with Crippen molar-refractivity contribution in [2.75, 3.05) is 6.54 Å². The molecule has 1 aromatic rings. The van der Waals surface area contributed by atoms with Crippen LogP contribution in [0.1, 0.15) is 52.1 Å². The maximum atomic E-state index is 11.8. The highest BCUT2D eigenvalue weighted by molar-refractivity contribution is 5.67. The molecule has 0 bridgehead atoms. The molecule has 3 N–H and O–H groups in total. The fourth-order valence-corrected chi connectivity index (χ4v) is 2.87. The Labute approximate surface area is 132 Å². The van der Waals surface area contributed by atoms with Crippen molar-refractivity contribution in [2.45, 2.75) is 64.6 Å². The number of amides is 1. The summed E-state index contributed by atoms with van der Waals surface area (Å²) in [5.41, 5.74) is 0.638. The molecule has 1 amide bonds. The number of carbonyl (C=O) groups excluding carboxylic acids is 1. The number of rotatable bonds is 5. The summed E-state index contributed by atoms with van der Waals surface area (Å²) in [6.07, 6.45) is 6.18. The monoisotopic (exact) mass is 308 g/mol. The van der Waals surface area contributed by atoms with Crippen molar-refractivity contribution in [1.82, 2.24) is 20.8 Å². The van der Waals surface area contributed by atoms with Crippen LogP contribution in [-0.2, 0) is 11.3 Å². The summed E-state index contributed by atoms with van der Waals surface area (Å²) < 4.78 is 5.30. The summed E-state index contributed by atoms with van der Waals surface area (Å²) in [5.74, 6) is 0.448. The van der Waals surface area contributed by atoms with Gasteiger partial charge in [0, 0.05) is 31.0 Å². The van der Waals surface area contributed by atoms with E-state index in [0.717, 1.165) is 25.1 Å². The summed E-state index contributed by atoms with van der Waals surface area (Å²) in [6.45, 7) is 7.08. The van der Waals surface area contributed by atoms with E-state index >= 15 is 0 Å². The number of H-pyrrole nitrogens is 1. The van der Waals surface area contributed by atoms with Crippen molar-refractivity contribution in [2.24, 2.45) is 5.92 Å². The maximum Gasteiger partial charge on any atom is 0.407 e. The van der Waals surface area contributed by atoms with E-state index in [4.69, 9.17) is 4.74 Å². The molecule has 22 heavy (non-hydrogen) atoms. The van der Waals surface area contributed by atoms with Crippen LogP contribution in [0.4, 0.5) is 4.79 Å². The average Bonchev–Trinajstić information content (AvgIpc) is 2.95. The van der Waals surface area contributed by atoms with Crippen molar-refractivity contribution < 1.29 is 9.53 Å². The Kier molecular flexibility index (Phi) is 5.83. The third-order valence-electron chi connectivity index (χ3n) is 3.93. The molecule has 1 heterocycles. The van der Waals surface area contributed by atoms with E-state index in [0.29, 0.717) is 18.5 Å². The smallest absolute Gasteiger partial charge is 0.407 e. The first-order chi connectivity index (χ1) is 10.4. The normalized spacial score (nSPS) is 22.3. The lowest BCUT2D eigenvalue weighted by Crippen LogP contribution is -2.44. The first kappa shape index (κ1) is 16.8. The Morgan fingerprint density at radius 2 is 2.18 bits per heavy atom. The predicted octanol–water partition coefficient (Wildman–Crippen LogP) is 2.58. The van der Waals surface area contributed by atoms with Crippen LogP contribution in [0, 0.1) is 5.92 Å². The van der Waals surface area contributed by atoms with Crippen LogP contribution in [0.5, 0.6) is 0 Å². The van der Waals surface area contributed by atoms with Gasteiger partial charge in [0.1, 0.15) is 5.60 Å². The van der Waals surface area contributed by atoms with Gasteiger partial charge in [0.05, 0.1) is 0 Å². The number of aromatic amines is 1. The fraction of sp³-hybridized carbons (Fsp3) is 0.750. The molecular formula is C16H28N4O2. The molecule has 2 atom stereocenters. The molecule has 1 saturated carbocycles. The van der Waals surface area contributed by atoms with Crippen LogP contribution in [0.2, 0.25) is 0 Å². The molecule has 1 aromatic heterocycles. The number of nitrogens with one attached hydrogen (secondary N) is 3. The molecule has 0 radical (unpaired) electrons. The van der Waals surface area contributed by atoms with Gasteiger partial charge in [-0.2, -0.15) is 5.10 Å². The van der Waals surface area contributed by atoms with Gasteiger partial charge >= 0.3 is 6.09 Å². The lowest BCUT2D eigenvalue weighted by molar-refractivity contribution is 0.0510. The molecule has 0 aliphatic heterocycles. The highest BCUT2D eigenvalue weighted by Crippen LogP contribution is 2.24. The molecule has 0 aromatic carbocycles. The van der Waals surface area contributed by atoms with E-state index < -0.39 is 5.60 Å². The van der Waals surface area contributed by atoms with Gasteiger partial charge in [-0.25, -0.2) is 4.79 Å². The van der Waals surface area contributed by atoms with E-state index in [1.54, 1.807) is 6.20 Å². The minimum Gasteiger partial charge on any atom is -0.444 e. The van der Waals surface area contributed by atoms with Gasteiger partial charge in [0.2, 0.25) is 0 Å². The Morgan fingerprint density at radius 1 is 1.41 bits per heavy atom. The van der Waals surface area contributed by atoms with Gasteiger partial charge in [-0.05, 0) is 45.6 Å². The molecule has 2 unspecified atom stereocenters. The number of alkyl carbamates (subject to hydrolysis) is 1. The summed E-state index contributed by atoms with van der Waals surface area (Å²) in [6, 6.07) is 2.40. The van der Waals surface area contributed by atoms with Gasteiger partial charge < -0.3 is 15.4 Å². The number of nitrogens with zero attached hydrogens (tertiary/aromatic N) is 1. The van der Waals surface area contributed by atoms with E-state index in [-0.39, 0.29) is 6.09 Å². The van der Waals surface area contributed by atoms with Gasteiger partial charge in [-0.15, -0.1) is 0 Å². The number of aromatic nitrogens is 2. The molecule has 1 aliphatic carbocycles. The number of hydrogen-bond acceptors (Lipinski definition) is 4. The maximum absolute atomic E-state index is 11.8. The zero-order valence-corrected chi connectivity index (χ0v) is 13.8. The van der Waals surface area contributed by atoms with E-state index in [1.807, 2.05) is 26.8 Å². The van der Waals surface area contributed by atoms with Crippen LogP contribution in [0.25, 0.3) is 0 Å². The summed E-state index contributed by atoms with van der Waals surface area (Å²) >= 11 is 0. The van der Waals surface area contributed by atoms with Gasteiger partial charge in [0.15, 0.2) is 0 Å². The Bertz CT molecular complexity index is 453. The standard InChI is InChI=1S/C16H28N4O2/c1-16(2,3)22-15(21)18-10-12-6-4-5-7-14(12)17-11-13-8-9-19-20-13/h8-9,12,14,17H,4-7,10-11H2,1-3H3,(H,18,21)(H,19,20). The van der Waals surface area contributed by atoms with Gasteiger partial charge in [0.25, 0.3) is 0 Å². The predicted molar refractivity (Wildman–Crippen MR) is 85.4 cm³/mol. The second-order valence-electron chi connectivity index (χ2n) is 7.00. The van der Waals surface area contributed by atoms with Crippen LogP contribution in [0.3, 0.4) is 0 Å². The number of ether oxygens (including phenoxy) is 1. The van der Waals surface area contributed by atoms with Crippen molar-refractivity contribution in [1.29, 1.82) is 0 Å². The van der Waals surface area contributed by atoms with Crippen molar-refractivity contribution >= 4 is 6.09 Å². The molecule has 1 aliphatic rings. The van der Waals surface area contributed by atoms with E-state index in [1.165, 1.54) is 12.8 Å². The molecule has 6 nitrogen and oxygen atoms in total. The van der Waals surface area contributed by atoms with Gasteiger partial charge in [-0.3, -0.25) is 5.10 Å². The zero-order valence-electron chi connectivity index (χ0n) is 13.8. The summed E-state index contributed by atoms with van der Waals surface area (Å²) in [5, 5.41) is 13.4. The summed E-state index contributed by atoms with van der Waals surface area (Å²) in [7, 11) is 0. The molecule has 124 valence electrons. The van der Waals surface area contributed by atoms with Crippen LogP contribution in [0.15, 0.2) is 12.3 Å². The second kappa shape index (κ2) is 7.63. The highest BCUT2D eigenvalue weighted by Gasteiger charge is 2.26. The van der Waals surface area contributed by atoms with Crippen molar-refractivity contribution in [3.05, 3.63) is 18.0 Å². The third-order valence-corrected chi connectivity index (χ3v) is 3.93. The van der Waals surface area contributed by atoms with Crippen LogP contribution < -0.4 is 10.6 Å². The largest absolute Gasteiger partial charge is 0.444 e. The van der Waals surface area contributed by atoms with Crippen LogP contribution >= 0.6 is 0 Å². The first-order valence-electron chi connectivity index (χ1n) is 8.12. The first-order valence-corrected chi connectivity index (χ1v) is 8.12. The lowest BCUT2D eigenvalue weighted by Gasteiger charge is -2.32. The lowest BCUT2D eigenvalue weighted by atomic mass is 9.84. The molecule has 6 heteroatoms. The summed E-state index contributed by atoms with van der Waals surface area (Å²) in [4.78, 5) is 11.8. The average molecular weight is 308 g/mol. The molecule has 2 rings (SSSR count). The van der Waals surface area contributed by atoms with Crippen molar-refractivity contribution in [3.8, 4) is 0 Å². The minimum atomic E-state index is -0.449. The minimum absolute atomic E-state index is 0.328. The van der Waals surface area contributed by atoms with E-state index in [2.05, 4.69) is 20.8 Å².